The molecule has 0 atom stereocenters. The lowest BCUT2D eigenvalue weighted by Gasteiger charge is -2.24. The minimum atomic E-state index is -2.07. The van der Waals surface area contributed by atoms with Crippen LogP contribution in [0.1, 0.15) is 22.3 Å². The van der Waals surface area contributed by atoms with Crippen molar-refractivity contribution in [2.75, 3.05) is 0 Å². The second-order valence-corrected chi connectivity index (χ2v) is 4.93. The molecule has 0 aliphatic carbocycles. The first-order chi connectivity index (χ1) is 8.41. The maximum absolute atomic E-state index is 10.3. The highest BCUT2D eigenvalue weighted by Crippen LogP contribution is 2.32. The van der Waals surface area contributed by atoms with Gasteiger partial charge in [0, 0.05) is 16.1 Å². The lowest BCUT2D eigenvalue weighted by Crippen LogP contribution is -2.27. The van der Waals surface area contributed by atoms with E-state index in [1.54, 1.807) is 24.3 Å². The van der Waals surface area contributed by atoms with Crippen LogP contribution in [-0.4, -0.2) is 10.2 Å². The van der Waals surface area contributed by atoms with Gasteiger partial charge < -0.3 is 10.2 Å². The Morgan fingerprint density at radius 2 is 1.44 bits per heavy atom. The summed E-state index contributed by atoms with van der Waals surface area (Å²) in [6, 6.07) is 12.2. The van der Waals surface area contributed by atoms with Crippen LogP contribution in [0.2, 0.25) is 5.02 Å². The first-order valence-corrected chi connectivity index (χ1v) is 6.07. The van der Waals surface area contributed by atoms with Gasteiger partial charge in [-0.3, -0.25) is 0 Å². The minimum absolute atomic E-state index is 0.299. The molecule has 3 heteroatoms. The number of aliphatic hydroxyl groups is 2. The molecule has 2 nitrogen and oxygen atoms in total. The van der Waals surface area contributed by atoms with Crippen molar-refractivity contribution in [3.63, 3.8) is 0 Å². The fraction of sp³-hybridized carbons (Fsp3) is 0.200. The first-order valence-electron chi connectivity index (χ1n) is 5.70. The molecule has 2 aromatic carbocycles. The molecular formula is C15H15ClO2. The summed E-state index contributed by atoms with van der Waals surface area (Å²) in [6.07, 6.45) is 0. The molecule has 2 N–H and O–H groups in total. The number of benzene rings is 2. The molecule has 0 aliphatic rings. The largest absolute Gasteiger partial charge is 0.358 e. The lowest BCUT2D eigenvalue weighted by atomic mass is 9.95. The Kier molecular flexibility index (Phi) is 3.44. The Hall–Kier alpha value is -1.35. The van der Waals surface area contributed by atoms with Crippen molar-refractivity contribution in [2.24, 2.45) is 0 Å². The molecule has 0 saturated heterocycles. The summed E-state index contributed by atoms with van der Waals surface area (Å²) in [4.78, 5) is 0. The average Bonchev–Trinajstić information content (AvgIpc) is 2.32. The Morgan fingerprint density at radius 3 is 2.06 bits per heavy atom. The summed E-state index contributed by atoms with van der Waals surface area (Å²) in [5.41, 5.74) is 2.69. The third-order valence-electron chi connectivity index (χ3n) is 2.95. The van der Waals surface area contributed by atoms with E-state index in [4.69, 9.17) is 11.6 Å². The summed E-state index contributed by atoms with van der Waals surface area (Å²) >= 11 is 6.04. The Bertz CT molecular complexity index is 559. The van der Waals surface area contributed by atoms with Crippen molar-refractivity contribution >= 4 is 11.6 Å². The van der Waals surface area contributed by atoms with E-state index in [1.807, 2.05) is 32.0 Å². The van der Waals surface area contributed by atoms with Crippen LogP contribution in [0, 0.1) is 13.8 Å². The molecule has 18 heavy (non-hydrogen) atoms. The van der Waals surface area contributed by atoms with Gasteiger partial charge >= 0.3 is 0 Å². The van der Waals surface area contributed by atoms with Crippen LogP contribution >= 0.6 is 11.6 Å². The predicted molar refractivity (Wildman–Crippen MR) is 72.6 cm³/mol. The van der Waals surface area contributed by atoms with E-state index in [0.29, 0.717) is 16.1 Å². The maximum Gasteiger partial charge on any atom is 0.218 e. The molecule has 0 amide bonds. The second kappa shape index (κ2) is 4.73. The smallest absolute Gasteiger partial charge is 0.218 e. The third kappa shape index (κ3) is 2.41. The van der Waals surface area contributed by atoms with Gasteiger partial charge in [0.05, 0.1) is 0 Å². The second-order valence-electron chi connectivity index (χ2n) is 4.52. The number of hydrogen-bond acceptors (Lipinski definition) is 2. The first kappa shape index (κ1) is 13.1. The summed E-state index contributed by atoms with van der Waals surface area (Å²) in [7, 11) is 0. The van der Waals surface area contributed by atoms with Gasteiger partial charge in [0.25, 0.3) is 0 Å². The molecule has 2 aromatic rings. The predicted octanol–water partition coefficient (Wildman–Crippen LogP) is 3.14. The Balaban J connectivity index is 2.53. The number of halogens is 1. The highest BCUT2D eigenvalue weighted by atomic mass is 35.5. The molecule has 0 aliphatic heterocycles. The van der Waals surface area contributed by atoms with Gasteiger partial charge in [0.1, 0.15) is 0 Å². The highest BCUT2D eigenvalue weighted by Gasteiger charge is 2.30. The van der Waals surface area contributed by atoms with E-state index in [-0.39, 0.29) is 0 Å². The molecule has 0 fully saturated rings. The van der Waals surface area contributed by atoms with Crippen molar-refractivity contribution in [1.82, 2.24) is 0 Å². The molecule has 0 aromatic heterocycles. The van der Waals surface area contributed by atoms with Crippen molar-refractivity contribution in [2.45, 2.75) is 19.6 Å². The van der Waals surface area contributed by atoms with Gasteiger partial charge in [-0.15, -0.1) is 0 Å². The number of aryl methyl sites for hydroxylation is 2. The van der Waals surface area contributed by atoms with E-state index in [2.05, 4.69) is 0 Å². The van der Waals surface area contributed by atoms with Gasteiger partial charge in [-0.25, -0.2) is 0 Å². The van der Waals surface area contributed by atoms with E-state index in [9.17, 15) is 10.2 Å². The molecule has 0 radical (unpaired) electrons. The molecule has 0 heterocycles. The molecule has 0 spiro atoms. The van der Waals surface area contributed by atoms with Crippen molar-refractivity contribution in [1.29, 1.82) is 0 Å². The molecule has 2 rings (SSSR count). The van der Waals surface area contributed by atoms with Crippen LogP contribution in [0.5, 0.6) is 0 Å². The fourth-order valence-electron chi connectivity index (χ4n) is 1.85. The SMILES string of the molecule is Cc1ccc(C(O)(O)c2cc(C)ccc2Cl)cc1. The molecular weight excluding hydrogens is 248 g/mol. The van der Waals surface area contributed by atoms with Crippen LogP contribution in [0.3, 0.4) is 0 Å². The third-order valence-corrected chi connectivity index (χ3v) is 3.28. The monoisotopic (exact) mass is 262 g/mol. The zero-order valence-corrected chi connectivity index (χ0v) is 11.1. The zero-order valence-electron chi connectivity index (χ0n) is 10.3. The number of hydrogen-bond donors (Lipinski definition) is 2. The van der Waals surface area contributed by atoms with Gasteiger partial charge in [0.2, 0.25) is 5.79 Å². The summed E-state index contributed by atoms with van der Waals surface area (Å²) < 4.78 is 0. The maximum atomic E-state index is 10.3. The molecule has 0 bridgehead atoms. The van der Waals surface area contributed by atoms with Gasteiger partial charge in [-0.05, 0) is 26.0 Å². The number of rotatable bonds is 2. The van der Waals surface area contributed by atoms with Crippen LogP contribution in [0.15, 0.2) is 42.5 Å². The normalized spacial score (nSPS) is 11.6. The lowest BCUT2D eigenvalue weighted by molar-refractivity contribution is -0.132. The molecule has 94 valence electrons. The highest BCUT2D eigenvalue weighted by molar-refractivity contribution is 6.31. The van der Waals surface area contributed by atoms with Crippen molar-refractivity contribution < 1.29 is 10.2 Å². The Morgan fingerprint density at radius 1 is 0.889 bits per heavy atom. The van der Waals surface area contributed by atoms with Crippen molar-refractivity contribution in [3.8, 4) is 0 Å². The van der Waals surface area contributed by atoms with Crippen LogP contribution in [0.4, 0.5) is 0 Å². The van der Waals surface area contributed by atoms with Crippen molar-refractivity contribution in [3.05, 3.63) is 69.7 Å². The van der Waals surface area contributed by atoms with Crippen LogP contribution in [0.25, 0.3) is 0 Å². The van der Waals surface area contributed by atoms with Gasteiger partial charge in [-0.1, -0.05) is 53.1 Å². The zero-order chi connectivity index (χ0) is 13.3. The minimum Gasteiger partial charge on any atom is -0.358 e. The van der Waals surface area contributed by atoms with Gasteiger partial charge in [0.15, 0.2) is 0 Å². The summed E-state index contributed by atoms with van der Waals surface area (Å²) in [5.74, 6) is -2.07. The van der Waals surface area contributed by atoms with E-state index < -0.39 is 5.79 Å². The summed E-state index contributed by atoms with van der Waals surface area (Å²) in [5, 5.41) is 21.0. The van der Waals surface area contributed by atoms with E-state index in [0.717, 1.165) is 11.1 Å². The standard InChI is InChI=1S/C15H15ClO2/c1-10-3-6-12(7-4-10)15(17,18)13-9-11(2)5-8-14(13)16/h3-9,17-18H,1-2H3. The Labute approximate surface area is 111 Å². The van der Waals surface area contributed by atoms with Crippen LogP contribution < -0.4 is 0 Å². The molecule has 0 saturated carbocycles. The van der Waals surface area contributed by atoms with E-state index in [1.165, 1.54) is 0 Å². The van der Waals surface area contributed by atoms with Crippen LogP contribution in [-0.2, 0) is 5.79 Å². The molecule has 0 unspecified atom stereocenters. The quantitative estimate of drug-likeness (QED) is 0.817. The fourth-order valence-corrected chi connectivity index (χ4v) is 2.10. The van der Waals surface area contributed by atoms with Gasteiger partial charge in [-0.2, -0.15) is 0 Å². The topological polar surface area (TPSA) is 40.5 Å². The summed E-state index contributed by atoms with van der Waals surface area (Å²) in [6.45, 7) is 3.82. The average molecular weight is 263 g/mol. The van der Waals surface area contributed by atoms with E-state index >= 15 is 0 Å².